The number of benzene rings is 1. The van der Waals surface area contributed by atoms with E-state index in [-0.39, 0.29) is 28.7 Å². The van der Waals surface area contributed by atoms with Crippen molar-refractivity contribution in [3.63, 3.8) is 0 Å². The number of Topliss-reactive ketones (excluding diaryl/α,β-unsaturated/α-hetero) is 1. The fraction of sp³-hybridized carbons (Fsp3) is 0.680. The fourth-order valence-corrected chi connectivity index (χ4v) is 6.15. The number of amides is 1. The van der Waals surface area contributed by atoms with Gasteiger partial charge in [-0.3, -0.25) is 9.59 Å². The number of hydrogen-bond donors (Lipinski definition) is 0. The summed E-state index contributed by atoms with van der Waals surface area (Å²) < 4.78 is 24.3. The molecular weight excluding hydrogens is 410 g/mol. The molecule has 172 valence electrons. The molecule has 6 heteroatoms. The summed E-state index contributed by atoms with van der Waals surface area (Å²) in [7, 11) is -3.04. The summed E-state index contributed by atoms with van der Waals surface area (Å²) >= 11 is 0. The van der Waals surface area contributed by atoms with E-state index in [4.69, 9.17) is 0 Å². The number of piperidine rings is 1. The molecule has 0 aromatic heterocycles. The molecule has 1 heterocycles. The van der Waals surface area contributed by atoms with Crippen LogP contribution in [0.3, 0.4) is 0 Å². The Morgan fingerprint density at radius 3 is 2.19 bits per heavy atom. The highest BCUT2D eigenvalue weighted by Gasteiger charge is 2.28. The topological polar surface area (TPSA) is 71.5 Å². The summed E-state index contributed by atoms with van der Waals surface area (Å²) in [6.45, 7) is 4.70. The Hall–Kier alpha value is -1.69. The number of sulfone groups is 1. The van der Waals surface area contributed by atoms with E-state index in [9.17, 15) is 18.0 Å². The lowest BCUT2D eigenvalue weighted by molar-refractivity contribution is -0.131. The maximum Gasteiger partial charge on any atom is 0.226 e. The van der Waals surface area contributed by atoms with Gasteiger partial charge in [0, 0.05) is 25.4 Å². The Morgan fingerprint density at radius 2 is 1.58 bits per heavy atom. The molecule has 1 saturated carbocycles. The molecule has 1 aromatic rings. The fourth-order valence-electron chi connectivity index (χ4n) is 4.78. The summed E-state index contributed by atoms with van der Waals surface area (Å²) in [6, 6.07) is 7.87. The van der Waals surface area contributed by atoms with Crippen LogP contribution in [0.15, 0.2) is 24.3 Å². The Bertz CT molecular complexity index is 863. The number of ketones is 1. The van der Waals surface area contributed by atoms with Gasteiger partial charge >= 0.3 is 0 Å². The molecule has 5 nitrogen and oxygen atoms in total. The molecule has 0 atom stereocenters. The molecule has 1 saturated heterocycles. The van der Waals surface area contributed by atoms with E-state index in [1.165, 1.54) is 6.42 Å². The van der Waals surface area contributed by atoms with Crippen LogP contribution in [-0.2, 0) is 32.3 Å². The second-order valence-electron chi connectivity index (χ2n) is 9.68. The molecule has 0 unspecified atom stereocenters. The van der Waals surface area contributed by atoms with Crippen molar-refractivity contribution in [2.75, 3.05) is 18.8 Å². The van der Waals surface area contributed by atoms with Crippen LogP contribution in [0.5, 0.6) is 0 Å². The molecule has 0 N–H and O–H groups in total. The first-order valence-electron chi connectivity index (χ1n) is 11.8. The molecule has 2 aliphatic rings. The molecule has 1 amide bonds. The van der Waals surface area contributed by atoms with E-state index in [0.29, 0.717) is 31.7 Å². The SMILES string of the molecule is CC(C)S(=O)(=O)CC1CCN(C(=O)Cc2cccc(CC(=O)C3CCCCC3)c2)CC1. The number of carbonyl (C=O) groups excluding carboxylic acids is 2. The van der Waals surface area contributed by atoms with Gasteiger partial charge < -0.3 is 4.90 Å². The van der Waals surface area contributed by atoms with E-state index in [0.717, 1.165) is 49.7 Å². The van der Waals surface area contributed by atoms with Crippen LogP contribution in [0, 0.1) is 11.8 Å². The van der Waals surface area contributed by atoms with E-state index in [1.54, 1.807) is 13.8 Å². The largest absolute Gasteiger partial charge is 0.342 e. The summed E-state index contributed by atoms with van der Waals surface area (Å²) in [5.74, 6) is 0.997. The van der Waals surface area contributed by atoms with E-state index >= 15 is 0 Å². The van der Waals surface area contributed by atoms with Crippen molar-refractivity contribution in [2.24, 2.45) is 11.8 Å². The maximum atomic E-state index is 12.8. The average Bonchev–Trinajstić information content (AvgIpc) is 2.74. The van der Waals surface area contributed by atoms with Crippen LogP contribution in [0.4, 0.5) is 0 Å². The number of rotatable bonds is 8. The summed E-state index contributed by atoms with van der Waals surface area (Å²) in [5, 5.41) is -0.343. The molecule has 0 radical (unpaired) electrons. The first-order chi connectivity index (χ1) is 14.7. The van der Waals surface area contributed by atoms with Gasteiger partial charge in [0.25, 0.3) is 0 Å². The highest BCUT2D eigenvalue weighted by atomic mass is 32.2. The molecule has 0 spiro atoms. The Balaban J connectivity index is 1.49. The average molecular weight is 448 g/mol. The third-order valence-corrected chi connectivity index (χ3v) is 9.31. The lowest BCUT2D eigenvalue weighted by Crippen LogP contribution is -2.41. The molecule has 0 bridgehead atoms. The van der Waals surface area contributed by atoms with Gasteiger partial charge in [0.1, 0.15) is 5.78 Å². The quantitative estimate of drug-likeness (QED) is 0.604. The molecule has 3 rings (SSSR count). The summed E-state index contributed by atoms with van der Waals surface area (Å²) in [4.78, 5) is 27.3. The van der Waals surface area contributed by atoms with E-state index < -0.39 is 9.84 Å². The van der Waals surface area contributed by atoms with Crippen molar-refractivity contribution < 1.29 is 18.0 Å². The third kappa shape index (κ3) is 6.90. The molecule has 1 aromatic carbocycles. The van der Waals surface area contributed by atoms with Gasteiger partial charge in [0.05, 0.1) is 17.4 Å². The first kappa shape index (κ1) is 24.0. The van der Waals surface area contributed by atoms with Gasteiger partial charge in [-0.05, 0) is 56.6 Å². The Kier molecular flexibility index (Phi) is 8.31. The van der Waals surface area contributed by atoms with Crippen molar-refractivity contribution >= 4 is 21.5 Å². The van der Waals surface area contributed by atoms with Crippen molar-refractivity contribution in [1.82, 2.24) is 4.90 Å². The Morgan fingerprint density at radius 1 is 0.968 bits per heavy atom. The number of hydrogen-bond acceptors (Lipinski definition) is 4. The molecule has 1 aliphatic carbocycles. The van der Waals surface area contributed by atoms with Crippen LogP contribution >= 0.6 is 0 Å². The van der Waals surface area contributed by atoms with Gasteiger partial charge in [0.2, 0.25) is 5.91 Å². The second-order valence-corrected chi connectivity index (χ2v) is 12.3. The molecule has 1 aliphatic heterocycles. The van der Waals surface area contributed by atoms with Gasteiger partial charge in [-0.1, -0.05) is 43.5 Å². The maximum absolute atomic E-state index is 12.8. The number of carbonyl (C=O) groups is 2. The molecule has 31 heavy (non-hydrogen) atoms. The predicted molar refractivity (Wildman–Crippen MR) is 124 cm³/mol. The van der Waals surface area contributed by atoms with Gasteiger partial charge in [0.15, 0.2) is 9.84 Å². The van der Waals surface area contributed by atoms with Crippen LogP contribution in [-0.4, -0.2) is 49.1 Å². The van der Waals surface area contributed by atoms with Crippen molar-refractivity contribution in [3.05, 3.63) is 35.4 Å². The van der Waals surface area contributed by atoms with Crippen LogP contribution in [0.1, 0.15) is 69.9 Å². The van der Waals surface area contributed by atoms with Crippen molar-refractivity contribution in [1.29, 1.82) is 0 Å². The minimum Gasteiger partial charge on any atom is -0.342 e. The zero-order valence-electron chi connectivity index (χ0n) is 19.0. The monoisotopic (exact) mass is 447 g/mol. The van der Waals surface area contributed by atoms with E-state index in [2.05, 4.69) is 0 Å². The minimum absolute atomic E-state index is 0.0842. The van der Waals surface area contributed by atoms with Gasteiger partial charge in [-0.15, -0.1) is 0 Å². The smallest absolute Gasteiger partial charge is 0.226 e. The normalized spacial score (nSPS) is 19.0. The van der Waals surface area contributed by atoms with Crippen LogP contribution in [0.2, 0.25) is 0 Å². The van der Waals surface area contributed by atoms with Crippen molar-refractivity contribution in [2.45, 2.75) is 76.9 Å². The van der Waals surface area contributed by atoms with Gasteiger partial charge in [-0.2, -0.15) is 0 Å². The summed E-state index contributed by atoms with van der Waals surface area (Å²) in [6.07, 6.45) is 7.88. The number of nitrogens with zero attached hydrogens (tertiary/aromatic N) is 1. The lowest BCUT2D eigenvalue weighted by Gasteiger charge is -2.32. The van der Waals surface area contributed by atoms with Crippen LogP contribution in [0.25, 0.3) is 0 Å². The number of likely N-dealkylation sites (tertiary alicyclic amines) is 1. The van der Waals surface area contributed by atoms with Gasteiger partial charge in [-0.25, -0.2) is 8.42 Å². The zero-order chi connectivity index (χ0) is 22.4. The highest BCUT2D eigenvalue weighted by Crippen LogP contribution is 2.26. The lowest BCUT2D eigenvalue weighted by atomic mass is 9.84. The first-order valence-corrected chi connectivity index (χ1v) is 13.6. The third-order valence-electron chi connectivity index (χ3n) is 6.94. The molecular formula is C25H37NO4S. The molecule has 2 fully saturated rings. The second kappa shape index (κ2) is 10.8. The minimum atomic E-state index is -3.04. The predicted octanol–water partition coefficient (Wildman–Crippen LogP) is 3.98. The zero-order valence-corrected chi connectivity index (χ0v) is 19.8. The highest BCUT2D eigenvalue weighted by molar-refractivity contribution is 7.91. The summed E-state index contributed by atoms with van der Waals surface area (Å²) in [5.41, 5.74) is 1.95. The van der Waals surface area contributed by atoms with Crippen molar-refractivity contribution in [3.8, 4) is 0 Å². The standard InChI is InChI=1S/C25H37NO4S/c1-19(2)31(29,30)18-20-11-13-26(14-12-20)25(28)17-22-8-6-7-21(15-22)16-24(27)23-9-4-3-5-10-23/h6-8,15,19-20,23H,3-5,9-14,16-18H2,1-2H3. The van der Waals surface area contributed by atoms with E-state index in [1.807, 2.05) is 29.2 Å². The van der Waals surface area contributed by atoms with Crippen LogP contribution < -0.4 is 0 Å². The Labute approximate surface area is 187 Å².